The SMILES string of the molecule is CCC(C)c1cc(C(=O)NCC(C)(O)C(C)CC)on1. The van der Waals surface area contributed by atoms with Crippen molar-refractivity contribution in [1.82, 2.24) is 10.5 Å². The Bertz CT molecular complexity index is 440. The maximum atomic E-state index is 12.0. The van der Waals surface area contributed by atoms with Crippen LogP contribution >= 0.6 is 0 Å². The molecule has 1 amide bonds. The monoisotopic (exact) mass is 282 g/mol. The van der Waals surface area contributed by atoms with Gasteiger partial charge in [-0.1, -0.05) is 39.3 Å². The van der Waals surface area contributed by atoms with Crippen LogP contribution in [0.1, 0.15) is 69.6 Å². The summed E-state index contributed by atoms with van der Waals surface area (Å²) in [7, 11) is 0. The number of nitrogens with one attached hydrogen (secondary N) is 1. The summed E-state index contributed by atoms with van der Waals surface area (Å²) in [5, 5.41) is 16.9. The molecule has 5 heteroatoms. The Balaban J connectivity index is 2.61. The van der Waals surface area contributed by atoms with E-state index in [1.807, 2.05) is 20.8 Å². The molecule has 0 aliphatic rings. The van der Waals surface area contributed by atoms with Crippen molar-refractivity contribution in [2.75, 3.05) is 6.54 Å². The van der Waals surface area contributed by atoms with Crippen LogP contribution in [-0.4, -0.2) is 28.3 Å². The summed E-state index contributed by atoms with van der Waals surface area (Å²) >= 11 is 0. The van der Waals surface area contributed by atoms with Crippen molar-refractivity contribution in [3.63, 3.8) is 0 Å². The third-order valence-corrected chi connectivity index (χ3v) is 4.15. The second-order valence-electron chi connectivity index (χ2n) is 5.77. The van der Waals surface area contributed by atoms with Crippen molar-refractivity contribution in [2.24, 2.45) is 5.92 Å². The number of rotatable bonds is 7. The van der Waals surface area contributed by atoms with Crippen molar-refractivity contribution in [2.45, 2.75) is 59.0 Å². The van der Waals surface area contributed by atoms with Gasteiger partial charge in [-0.3, -0.25) is 4.79 Å². The van der Waals surface area contributed by atoms with E-state index in [4.69, 9.17) is 4.52 Å². The zero-order chi connectivity index (χ0) is 15.3. The highest BCUT2D eigenvalue weighted by molar-refractivity contribution is 5.91. The molecule has 1 rings (SSSR count). The Morgan fingerprint density at radius 3 is 2.65 bits per heavy atom. The molecule has 1 aromatic heterocycles. The van der Waals surface area contributed by atoms with Crippen LogP contribution in [0.25, 0.3) is 0 Å². The lowest BCUT2D eigenvalue weighted by Gasteiger charge is -2.29. The fraction of sp³-hybridized carbons (Fsp3) is 0.733. The summed E-state index contributed by atoms with van der Waals surface area (Å²) in [4.78, 5) is 12.0. The number of nitrogens with zero attached hydrogens (tertiary/aromatic N) is 1. The van der Waals surface area contributed by atoms with Crippen LogP contribution in [0, 0.1) is 5.92 Å². The lowest BCUT2D eigenvalue weighted by atomic mass is 9.88. The Morgan fingerprint density at radius 1 is 1.45 bits per heavy atom. The van der Waals surface area contributed by atoms with Gasteiger partial charge < -0.3 is 14.9 Å². The van der Waals surface area contributed by atoms with E-state index in [1.54, 1.807) is 13.0 Å². The number of amides is 1. The molecule has 0 aliphatic carbocycles. The first-order chi connectivity index (χ1) is 9.31. The summed E-state index contributed by atoms with van der Waals surface area (Å²) < 4.78 is 5.06. The zero-order valence-corrected chi connectivity index (χ0v) is 13.1. The Morgan fingerprint density at radius 2 is 2.10 bits per heavy atom. The molecule has 2 N–H and O–H groups in total. The number of hydrogen-bond acceptors (Lipinski definition) is 4. The minimum atomic E-state index is -0.927. The second kappa shape index (κ2) is 6.88. The first-order valence-corrected chi connectivity index (χ1v) is 7.29. The van der Waals surface area contributed by atoms with Crippen LogP contribution in [0.2, 0.25) is 0 Å². The van der Waals surface area contributed by atoms with E-state index < -0.39 is 5.60 Å². The minimum Gasteiger partial charge on any atom is -0.388 e. The average Bonchev–Trinajstić information content (AvgIpc) is 2.92. The molecule has 3 unspecified atom stereocenters. The topological polar surface area (TPSA) is 75.4 Å². The predicted molar refractivity (Wildman–Crippen MR) is 77.6 cm³/mol. The van der Waals surface area contributed by atoms with Crippen molar-refractivity contribution in [3.05, 3.63) is 17.5 Å². The van der Waals surface area contributed by atoms with Gasteiger partial charge in [0, 0.05) is 18.5 Å². The van der Waals surface area contributed by atoms with Gasteiger partial charge in [0.15, 0.2) is 0 Å². The van der Waals surface area contributed by atoms with E-state index in [-0.39, 0.29) is 30.0 Å². The Labute approximate surface area is 120 Å². The van der Waals surface area contributed by atoms with Crippen molar-refractivity contribution in [3.8, 4) is 0 Å². The zero-order valence-electron chi connectivity index (χ0n) is 13.1. The summed E-state index contributed by atoms with van der Waals surface area (Å²) in [5.41, 5.74) is -0.143. The molecule has 20 heavy (non-hydrogen) atoms. The number of hydrogen-bond donors (Lipinski definition) is 2. The van der Waals surface area contributed by atoms with Gasteiger partial charge in [-0.25, -0.2) is 0 Å². The standard InChI is InChI=1S/C15H26N2O3/c1-6-10(3)12-8-13(20-17-12)14(18)16-9-15(5,19)11(4)7-2/h8,10-11,19H,6-7,9H2,1-5H3,(H,16,18). The van der Waals surface area contributed by atoms with Gasteiger partial charge >= 0.3 is 0 Å². The van der Waals surface area contributed by atoms with Gasteiger partial charge in [0.2, 0.25) is 5.76 Å². The van der Waals surface area contributed by atoms with Gasteiger partial charge in [-0.05, 0) is 19.3 Å². The molecule has 0 saturated carbocycles. The van der Waals surface area contributed by atoms with E-state index in [9.17, 15) is 9.90 Å². The highest BCUT2D eigenvalue weighted by Crippen LogP contribution is 2.20. The number of carbonyl (C=O) groups is 1. The van der Waals surface area contributed by atoms with Gasteiger partial charge in [0.25, 0.3) is 5.91 Å². The molecule has 0 aromatic carbocycles. The largest absolute Gasteiger partial charge is 0.388 e. The maximum Gasteiger partial charge on any atom is 0.290 e. The first-order valence-electron chi connectivity index (χ1n) is 7.29. The molecular weight excluding hydrogens is 256 g/mol. The van der Waals surface area contributed by atoms with E-state index in [0.29, 0.717) is 0 Å². The summed E-state index contributed by atoms with van der Waals surface area (Å²) in [5.74, 6) is 0.229. The molecule has 0 bridgehead atoms. The fourth-order valence-electron chi connectivity index (χ4n) is 1.80. The average molecular weight is 282 g/mol. The normalized spacial score (nSPS) is 17.3. The van der Waals surface area contributed by atoms with E-state index in [2.05, 4.69) is 17.4 Å². The van der Waals surface area contributed by atoms with Crippen molar-refractivity contribution >= 4 is 5.91 Å². The van der Waals surface area contributed by atoms with Gasteiger partial charge in [-0.15, -0.1) is 0 Å². The number of aromatic nitrogens is 1. The van der Waals surface area contributed by atoms with Crippen LogP contribution in [0.5, 0.6) is 0 Å². The summed E-state index contributed by atoms with van der Waals surface area (Å²) in [6.45, 7) is 9.99. The van der Waals surface area contributed by atoms with Gasteiger partial charge in [0.05, 0.1) is 11.3 Å². The fourth-order valence-corrected chi connectivity index (χ4v) is 1.80. The van der Waals surface area contributed by atoms with E-state index in [0.717, 1.165) is 18.5 Å². The molecule has 0 spiro atoms. The number of aliphatic hydroxyl groups is 1. The molecule has 1 heterocycles. The Kier molecular flexibility index (Phi) is 5.74. The summed E-state index contributed by atoms with van der Waals surface area (Å²) in [6.07, 6.45) is 1.79. The third kappa shape index (κ3) is 4.07. The molecule has 1 aromatic rings. The lowest BCUT2D eigenvalue weighted by Crippen LogP contribution is -2.45. The van der Waals surface area contributed by atoms with E-state index >= 15 is 0 Å². The van der Waals surface area contributed by atoms with Gasteiger partial charge in [0.1, 0.15) is 0 Å². The maximum absolute atomic E-state index is 12.0. The number of carbonyl (C=O) groups excluding carboxylic acids is 1. The molecular formula is C15H26N2O3. The van der Waals surface area contributed by atoms with Crippen LogP contribution in [-0.2, 0) is 0 Å². The smallest absolute Gasteiger partial charge is 0.290 e. The molecule has 0 fully saturated rings. The molecule has 0 saturated heterocycles. The highest BCUT2D eigenvalue weighted by atomic mass is 16.5. The predicted octanol–water partition coefficient (Wildman–Crippen LogP) is 2.72. The molecule has 114 valence electrons. The Hall–Kier alpha value is -1.36. The second-order valence-corrected chi connectivity index (χ2v) is 5.77. The third-order valence-electron chi connectivity index (χ3n) is 4.15. The van der Waals surface area contributed by atoms with Crippen LogP contribution < -0.4 is 5.32 Å². The van der Waals surface area contributed by atoms with Crippen LogP contribution in [0.4, 0.5) is 0 Å². The first kappa shape index (κ1) is 16.7. The van der Waals surface area contributed by atoms with Crippen LogP contribution in [0.15, 0.2) is 10.6 Å². The molecule has 0 aliphatic heterocycles. The van der Waals surface area contributed by atoms with Gasteiger partial charge in [-0.2, -0.15) is 0 Å². The molecule has 3 atom stereocenters. The van der Waals surface area contributed by atoms with Crippen LogP contribution in [0.3, 0.4) is 0 Å². The van der Waals surface area contributed by atoms with E-state index in [1.165, 1.54) is 0 Å². The highest BCUT2D eigenvalue weighted by Gasteiger charge is 2.28. The molecule has 0 radical (unpaired) electrons. The van der Waals surface area contributed by atoms with Crippen molar-refractivity contribution in [1.29, 1.82) is 0 Å². The van der Waals surface area contributed by atoms with Crippen molar-refractivity contribution < 1.29 is 14.4 Å². The summed E-state index contributed by atoms with van der Waals surface area (Å²) in [6, 6.07) is 1.67. The minimum absolute atomic E-state index is 0.105. The quantitative estimate of drug-likeness (QED) is 0.806. The molecule has 5 nitrogen and oxygen atoms in total. The lowest BCUT2D eigenvalue weighted by molar-refractivity contribution is 0.00562.